The number of furan rings is 1. The van der Waals surface area contributed by atoms with Gasteiger partial charge in [0.25, 0.3) is 5.91 Å². The summed E-state index contributed by atoms with van der Waals surface area (Å²) >= 11 is 0. The van der Waals surface area contributed by atoms with Crippen molar-refractivity contribution in [3.63, 3.8) is 0 Å². The van der Waals surface area contributed by atoms with Crippen LogP contribution in [-0.4, -0.2) is 41.0 Å². The van der Waals surface area contributed by atoms with Crippen molar-refractivity contribution >= 4 is 16.9 Å². The molecule has 2 aromatic rings. The molecule has 3 saturated heterocycles. The summed E-state index contributed by atoms with van der Waals surface area (Å²) in [4.78, 5) is 19.7. The van der Waals surface area contributed by atoms with Gasteiger partial charge in [0.15, 0.2) is 11.3 Å². The number of aromatic nitrogens is 1. The Morgan fingerprint density at radius 2 is 2.12 bits per heavy atom. The number of nitrogens with zero attached hydrogens (tertiary/aromatic N) is 2. The third-order valence-electron chi connectivity index (χ3n) is 5.83. The lowest BCUT2D eigenvalue weighted by Gasteiger charge is -2.49. The van der Waals surface area contributed by atoms with E-state index in [4.69, 9.17) is 4.42 Å². The van der Waals surface area contributed by atoms with Gasteiger partial charge >= 0.3 is 0 Å². The number of carbonyl (C=O) groups is 1. The molecule has 0 aromatic carbocycles. The molecule has 0 radical (unpaired) electrons. The molecule has 2 bridgehead atoms. The Balaban J connectivity index is 1.62. The van der Waals surface area contributed by atoms with E-state index in [-0.39, 0.29) is 11.9 Å². The molecule has 3 aliphatic rings. The Kier molecular flexibility index (Phi) is 3.83. The third kappa shape index (κ3) is 2.42. The van der Waals surface area contributed by atoms with Gasteiger partial charge in [0.05, 0.1) is 6.26 Å². The maximum Gasteiger partial charge on any atom is 0.274 e. The van der Waals surface area contributed by atoms with Crippen molar-refractivity contribution in [2.24, 2.45) is 5.92 Å². The van der Waals surface area contributed by atoms with E-state index in [0.717, 1.165) is 24.0 Å². The molecule has 3 fully saturated rings. The maximum atomic E-state index is 12.9. The molecular formula is C19H25N3O2. The van der Waals surface area contributed by atoms with E-state index in [9.17, 15) is 4.79 Å². The molecule has 5 heterocycles. The lowest BCUT2D eigenvalue weighted by atomic mass is 9.79. The Labute approximate surface area is 142 Å². The predicted molar refractivity (Wildman–Crippen MR) is 93.1 cm³/mol. The second kappa shape index (κ2) is 5.88. The van der Waals surface area contributed by atoms with Crippen LogP contribution in [0.25, 0.3) is 11.0 Å². The molecule has 5 heteroatoms. The van der Waals surface area contributed by atoms with Crippen molar-refractivity contribution in [2.45, 2.75) is 51.6 Å². The number of hydrogen-bond donors (Lipinski definition) is 1. The lowest BCUT2D eigenvalue weighted by molar-refractivity contribution is 0.0216. The Morgan fingerprint density at radius 1 is 1.38 bits per heavy atom. The first kappa shape index (κ1) is 15.6. The highest BCUT2D eigenvalue weighted by atomic mass is 16.3. The van der Waals surface area contributed by atoms with Gasteiger partial charge in [-0.1, -0.05) is 13.8 Å². The second-order valence-corrected chi connectivity index (χ2v) is 7.50. The van der Waals surface area contributed by atoms with Crippen LogP contribution in [0.2, 0.25) is 0 Å². The summed E-state index contributed by atoms with van der Waals surface area (Å²) in [5.74, 6) is 0.818. The lowest BCUT2D eigenvalue weighted by Crippen LogP contribution is -2.62. The highest BCUT2D eigenvalue weighted by Crippen LogP contribution is 2.33. The average molecular weight is 327 g/mol. The van der Waals surface area contributed by atoms with E-state index >= 15 is 0 Å². The number of amides is 1. The SMILES string of the molecule is CC(C)c1coc2c(C(=O)N[C@@H]3C4CCN(CC4)[C@H]3C)nccc12. The fourth-order valence-electron chi connectivity index (χ4n) is 4.35. The summed E-state index contributed by atoms with van der Waals surface area (Å²) in [5.41, 5.74) is 2.13. The van der Waals surface area contributed by atoms with Crippen LogP contribution in [0.5, 0.6) is 0 Å². The minimum atomic E-state index is -0.115. The van der Waals surface area contributed by atoms with E-state index in [1.165, 1.54) is 12.8 Å². The van der Waals surface area contributed by atoms with Crippen LogP contribution in [0.3, 0.4) is 0 Å². The monoisotopic (exact) mass is 327 g/mol. The number of carbonyl (C=O) groups excluding carboxylic acids is 1. The van der Waals surface area contributed by atoms with Crippen molar-refractivity contribution in [3.05, 3.63) is 29.8 Å². The Hall–Kier alpha value is -1.88. The van der Waals surface area contributed by atoms with Crippen LogP contribution in [-0.2, 0) is 0 Å². The second-order valence-electron chi connectivity index (χ2n) is 7.50. The zero-order valence-electron chi connectivity index (χ0n) is 14.6. The van der Waals surface area contributed by atoms with Gasteiger partial charge in [-0.05, 0) is 50.8 Å². The first-order valence-electron chi connectivity index (χ1n) is 8.97. The smallest absolute Gasteiger partial charge is 0.274 e. The van der Waals surface area contributed by atoms with Gasteiger partial charge in [0.2, 0.25) is 0 Å². The molecule has 0 unspecified atom stereocenters. The molecular weight excluding hydrogens is 302 g/mol. The van der Waals surface area contributed by atoms with Gasteiger partial charge in [-0.2, -0.15) is 0 Å². The van der Waals surface area contributed by atoms with Crippen LogP contribution in [0.4, 0.5) is 0 Å². The summed E-state index contributed by atoms with van der Waals surface area (Å²) in [6.45, 7) is 8.77. The molecule has 128 valence electrons. The van der Waals surface area contributed by atoms with Gasteiger partial charge in [0.1, 0.15) is 0 Å². The highest BCUT2D eigenvalue weighted by molar-refractivity contribution is 6.03. The summed E-state index contributed by atoms with van der Waals surface area (Å²) < 4.78 is 5.71. The largest absolute Gasteiger partial charge is 0.462 e. The van der Waals surface area contributed by atoms with Crippen LogP contribution in [0.1, 0.15) is 55.6 Å². The van der Waals surface area contributed by atoms with Gasteiger partial charge in [0, 0.05) is 29.2 Å². The summed E-state index contributed by atoms with van der Waals surface area (Å²) in [6, 6.07) is 2.53. The van der Waals surface area contributed by atoms with Crippen LogP contribution in [0.15, 0.2) is 22.9 Å². The maximum absolute atomic E-state index is 12.9. The quantitative estimate of drug-likeness (QED) is 0.941. The Morgan fingerprint density at radius 3 is 2.79 bits per heavy atom. The standard InChI is InChI=1S/C19H25N3O2/c1-11(2)15-10-24-18-14(15)4-7-20-17(18)19(23)21-16-12(3)22-8-5-13(16)6-9-22/h4,7,10-13,16H,5-6,8-9H2,1-3H3,(H,21,23)/t12-,16-/m0/s1. The number of piperidine rings is 3. The summed E-state index contributed by atoms with van der Waals surface area (Å²) in [5, 5.41) is 4.24. The average Bonchev–Trinajstić information content (AvgIpc) is 3.02. The zero-order chi connectivity index (χ0) is 16.8. The summed E-state index contributed by atoms with van der Waals surface area (Å²) in [6.07, 6.45) is 5.81. The Bertz CT molecular complexity index is 757. The first-order valence-corrected chi connectivity index (χ1v) is 8.97. The normalized spacial score (nSPS) is 29.3. The molecule has 0 aliphatic carbocycles. The first-order chi connectivity index (χ1) is 11.6. The van der Waals surface area contributed by atoms with E-state index in [0.29, 0.717) is 29.2 Å². The molecule has 0 saturated carbocycles. The fourth-order valence-corrected chi connectivity index (χ4v) is 4.35. The van der Waals surface area contributed by atoms with E-state index in [2.05, 4.69) is 36.0 Å². The molecule has 0 spiro atoms. The van der Waals surface area contributed by atoms with Crippen molar-refractivity contribution in [2.75, 3.05) is 13.1 Å². The van der Waals surface area contributed by atoms with Crippen LogP contribution >= 0.6 is 0 Å². The molecule has 5 nitrogen and oxygen atoms in total. The molecule has 2 aromatic heterocycles. The number of pyridine rings is 1. The minimum absolute atomic E-state index is 0.115. The number of nitrogens with one attached hydrogen (secondary N) is 1. The molecule has 5 rings (SSSR count). The minimum Gasteiger partial charge on any atom is -0.462 e. The number of hydrogen-bond acceptors (Lipinski definition) is 4. The van der Waals surface area contributed by atoms with Gasteiger partial charge in [-0.25, -0.2) is 4.98 Å². The third-order valence-corrected chi connectivity index (χ3v) is 5.83. The van der Waals surface area contributed by atoms with Crippen molar-refractivity contribution < 1.29 is 9.21 Å². The predicted octanol–water partition coefficient (Wildman–Crippen LogP) is 3.16. The number of fused-ring (bicyclic) bond motifs is 4. The molecule has 1 N–H and O–H groups in total. The molecule has 1 amide bonds. The summed E-state index contributed by atoms with van der Waals surface area (Å²) in [7, 11) is 0. The van der Waals surface area contributed by atoms with E-state index < -0.39 is 0 Å². The molecule has 3 aliphatic heterocycles. The van der Waals surface area contributed by atoms with Crippen molar-refractivity contribution in [3.8, 4) is 0 Å². The molecule has 24 heavy (non-hydrogen) atoms. The fraction of sp³-hybridized carbons (Fsp3) is 0.579. The number of rotatable bonds is 3. The van der Waals surface area contributed by atoms with Crippen molar-refractivity contribution in [1.82, 2.24) is 15.2 Å². The van der Waals surface area contributed by atoms with Crippen molar-refractivity contribution in [1.29, 1.82) is 0 Å². The van der Waals surface area contributed by atoms with E-state index in [1.807, 2.05) is 6.07 Å². The molecule has 2 atom stereocenters. The zero-order valence-corrected chi connectivity index (χ0v) is 14.6. The topological polar surface area (TPSA) is 58.4 Å². The van der Waals surface area contributed by atoms with Gasteiger partial charge in [-0.3, -0.25) is 9.69 Å². The highest BCUT2D eigenvalue weighted by Gasteiger charge is 2.40. The van der Waals surface area contributed by atoms with Gasteiger partial charge in [-0.15, -0.1) is 0 Å². The van der Waals surface area contributed by atoms with E-state index in [1.54, 1.807) is 12.5 Å². The van der Waals surface area contributed by atoms with Crippen LogP contribution < -0.4 is 5.32 Å². The van der Waals surface area contributed by atoms with Gasteiger partial charge < -0.3 is 9.73 Å². The van der Waals surface area contributed by atoms with Crippen LogP contribution in [0, 0.1) is 5.92 Å².